The second-order valence-electron chi connectivity index (χ2n) is 9.01. The molecule has 0 radical (unpaired) electrons. The van der Waals surface area contributed by atoms with Gasteiger partial charge in [0, 0.05) is 5.39 Å². The van der Waals surface area contributed by atoms with E-state index in [1.165, 1.54) is 5.22 Å². The van der Waals surface area contributed by atoms with Crippen molar-refractivity contribution in [1.82, 2.24) is 0 Å². The maximum Gasteiger partial charge on any atom is 0.409 e. The molecule has 31 heavy (non-hydrogen) atoms. The summed E-state index contributed by atoms with van der Waals surface area (Å²) in [5.41, 5.74) is 3.05. The molecule has 1 aliphatic rings. The highest BCUT2D eigenvalue weighted by atomic mass is 16.4. The van der Waals surface area contributed by atoms with Crippen LogP contribution in [0.15, 0.2) is 59.9 Å². The third-order valence-corrected chi connectivity index (χ3v) is 5.58. The lowest BCUT2D eigenvalue weighted by molar-refractivity contribution is 0.209. The van der Waals surface area contributed by atoms with Gasteiger partial charge >= 0.3 is 6.09 Å². The standard InChI is InChI=1S/C27H31NO3/c1-17(2)14-19(29)15-18(3)16-27(4,5)24-22-12-8-6-10-20(22)21-11-7-9-13-23(21)25(24)28-26(30)31/h7,9-15,28-29H,1,6,8,16H2,2-5H3,(H,30,31)/b18-15+,19-14-. The molecular weight excluding hydrogens is 386 g/mol. The Morgan fingerprint density at radius 3 is 2.29 bits per heavy atom. The maximum absolute atomic E-state index is 11.7. The minimum atomic E-state index is -1.07. The SMILES string of the molecule is C=C(C)/C=C(O)/C=C(\C)CC(C)(C)c1c(NC(=O)O)c2ccccc2c2c1=CCCC=2. The number of fused-ring (bicyclic) bond motifs is 3. The average Bonchev–Trinajstić information content (AvgIpc) is 2.66. The number of aliphatic hydroxyl groups excluding tert-OH is 1. The van der Waals surface area contributed by atoms with Crippen molar-refractivity contribution in [2.45, 2.75) is 52.4 Å². The van der Waals surface area contributed by atoms with Crippen LogP contribution in [0.5, 0.6) is 0 Å². The molecule has 0 saturated carbocycles. The van der Waals surface area contributed by atoms with Gasteiger partial charge in [0.25, 0.3) is 0 Å². The van der Waals surface area contributed by atoms with E-state index in [0.717, 1.165) is 45.5 Å². The van der Waals surface area contributed by atoms with Crippen molar-refractivity contribution in [2.24, 2.45) is 0 Å². The van der Waals surface area contributed by atoms with Gasteiger partial charge in [0.1, 0.15) is 5.76 Å². The minimum absolute atomic E-state index is 0.171. The largest absolute Gasteiger partial charge is 0.508 e. The summed E-state index contributed by atoms with van der Waals surface area (Å²) in [6.45, 7) is 11.9. The van der Waals surface area contributed by atoms with E-state index in [9.17, 15) is 15.0 Å². The van der Waals surface area contributed by atoms with Gasteiger partial charge in [-0.15, -0.1) is 0 Å². The van der Waals surface area contributed by atoms with Crippen molar-refractivity contribution in [1.29, 1.82) is 0 Å². The molecule has 2 aromatic carbocycles. The number of benzene rings is 2. The Morgan fingerprint density at radius 2 is 1.68 bits per heavy atom. The van der Waals surface area contributed by atoms with Gasteiger partial charge in [-0.05, 0) is 72.1 Å². The number of hydrogen-bond acceptors (Lipinski definition) is 2. The fraction of sp³-hybridized carbons (Fsp3) is 0.296. The number of hydrogen-bond donors (Lipinski definition) is 3. The monoisotopic (exact) mass is 417 g/mol. The third kappa shape index (κ3) is 4.91. The van der Waals surface area contributed by atoms with Crippen LogP contribution in [0.1, 0.15) is 52.5 Å². The molecule has 0 aromatic heterocycles. The summed E-state index contributed by atoms with van der Waals surface area (Å²) in [5, 5.41) is 26.8. The summed E-state index contributed by atoms with van der Waals surface area (Å²) >= 11 is 0. The number of carboxylic acid groups (broad SMARTS) is 1. The van der Waals surface area contributed by atoms with Gasteiger partial charge in [0.2, 0.25) is 0 Å². The highest BCUT2D eigenvalue weighted by Gasteiger charge is 2.29. The molecule has 0 aliphatic heterocycles. The molecule has 2 aromatic rings. The van der Waals surface area contributed by atoms with Crippen molar-refractivity contribution >= 4 is 34.7 Å². The summed E-state index contributed by atoms with van der Waals surface area (Å²) in [4.78, 5) is 11.7. The van der Waals surface area contributed by atoms with Gasteiger partial charge in [-0.3, -0.25) is 5.32 Å². The van der Waals surface area contributed by atoms with Crippen LogP contribution in [0.2, 0.25) is 0 Å². The molecule has 0 fully saturated rings. The highest BCUT2D eigenvalue weighted by Crippen LogP contribution is 2.36. The molecule has 4 nitrogen and oxygen atoms in total. The van der Waals surface area contributed by atoms with Crippen molar-refractivity contribution < 1.29 is 15.0 Å². The van der Waals surface area contributed by atoms with E-state index >= 15 is 0 Å². The molecule has 4 heteroatoms. The molecule has 0 heterocycles. The van der Waals surface area contributed by atoms with Crippen LogP contribution < -0.4 is 15.8 Å². The fourth-order valence-electron chi connectivity index (χ4n) is 4.70. The zero-order chi connectivity index (χ0) is 22.8. The molecule has 0 saturated heterocycles. The summed E-state index contributed by atoms with van der Waals surface area (Å²) in [6.07, 6.45) is 9.36. The summed E-state index contributed by atoms with van der Waals surface area (Å²) in [6, 6.07) is 7.97. The number of allylic oxidation sites excluding steroid dienone is 4. The molecule has 0 atom stereocenters. The van der Waals surface area contributed by atoms with Gasteiger partial charge in [0.05, 0.1) is 5.69 Å². The molecule has 1 aliphatic carbocycles. The number of nitrogens with one attached hydrogen (secondary N) is 1. The Bertz CT molecular complexity index is 1230. The third-order valence-electron chi connectivity index (χ3n) is 5.58. The molecular formula is C27H31NO3. The van der Waals surface area contributed by atoms with Crippen molar-refractivity contribution in [3.8, 4) is 0 Å². The molecule has 1 amide bonds. The smallest absolute Gasteiger partial charge is 0.409 e. The van der Waals surface area contributed by atoms with Crippen LogP contribution in [-0.4, -0.2) is 16.3 Å². The predicted octanol–water partition coefficient (Wildman–Crippen LogP) is 5.92. The van der Waals surface area contributed by atoms with Crippen LogP contribution in [0.25, 0.3) is 22.9 Å². The Labute approximate surface area is 183 Å². The fourth-order valence-corrected chi connectivity index (χ4v) is 4.70. The van der Waals surface area contributed by atoms with E-state index < -0.39 is 6.09 Å². The van der Waals surface area contributed by atoms with E-state index in [4.69, 9.17) is 0 Å². The summed E-state index contributed by atoms with van der Waals surface area (Å²) in [5.74, 6) is 0.171. The Balaban J connectivity index is 2.26. The lowest BCUT2D eigenvalue weighted by Gasteiger charge is -2.31. The lowest BCUT2D eigenvalue weighted by atomic mass is 9.75. The molecule has 162 valence electrons. The maximum atomic E-state index is 11.7. The van der Waals surface area contributed by atoms with Gasteiger partial charge in [0.15, 0.2) is 0 Å². The number of carbonyl (C=O) groups is 1. The van der Waals surface area contributed by atoms with E-state index in [1.807, 2.05) is 32.0 Å². The van der Waals surface area contributed by atoms with Crippen LogP contribution >= 0.6 is 0 Å². The number of anilines is 1. The first-order chi connectivity index (χ1) is 14.6. The highest BCUT2D eigenvalue weighted by molar-refractivity contribution is 6.02. The van der Waals surface area contributed by atoms with Gasteiger partial charge in [-0.2, -0.15) is 0 Å². The van der Waals surface area contributed by atoms with Crippen molar-refractivity contribution in [3.05, 3.63) is 75.9 Å². The summed E-state index contributed by atoms with van der Waals surface area (Å²) in [7, 11) is 0. The predicted molar refractivity (Wildman–Crippen MR) is 130 cm³/mol. The topological polar surface area (TPSA) is 69.6 Å². The Kier molecular flexibility index (Phi) is 6.40. The van der Waals surface area contributed by atoms with E-state index in [0.29, 0.717) is 12.1 Å². The number of aliphatic hydroxyl groups is 1. The average molecular weight is 418 g/mol. The quantitative estimate of drug-likeness (QED) is 0.404. The normalized spacial score (nSPS) is 14.5. The Hall–Kier alpha value is -3.27. The molecule has 3 N–H and O–H groups in total. The van der Waals surface area contributed by atoms with E-state index in [-0.39, 0.29) is 11.2 Å². The molecule has 3 rings (SSSR count). The first-order valence-electron chi connectivity index (χ1n) is 10.6. The number of amides is 1. The van der Waals surface area contributed by atoms with Crippen LogP contribution in [0, 0.1) is 0 Å². The summed E-state index contributed by atoms with van der Waals surface area (Å²) < 4.78 is 0. The van der Waals surface area contributed by atoms with E-state index in [2.05, 4.69) is 44.0 Å². The van der Waals surface area contributed by atoms with Crippen LogP contribution in [-0.2, 0) is 5.41 Å². The van der Waals surface area contributed by atoms with Crippen molar-refractivity contribution in [2.75, 3.05) is 5.32 Å². The van der Waals surface area contributed by atoms with Crippen LogP contribution in [0.3, 0.4) is 0 Å². The molecule has 0 unspecified atom stereocenters. The van der Waals surface area contributed by atoms with Crippen molar-refractivity contribution in [3.63, 3.8) is 0 Å². The molecule has 0 spiro atoms. The van der Waals surface area contributed by atoms with E-state index in [1.54, 1.807) is 12.2 Å². The second kappa shape index (κ2) is 8.84. The second-order valence-corrected chi connectivity index (χ2v) is 9.01. The van der Waals surface area contributed by atoms with Gasteiger partial charge in [-0.25, -0.2) is 4.79 Å². The Morgan fingerprint density at radius 1 is 1.06 bits per heavy atom. The minimum Gasteiger partial charge on any atom is -0.508 e. The van der Waals surface area contributed by atoms with Gasteiger partial charge in [-0.1, -0.05) is 68.0 Å². The van der Waals surface area contributed by atoms with Crippen LogP contribution in [0.4, 0.5) is 10.5 Å². The zero-order valence-electron chi connectivity index (χ0n) is 18.7. The van der Waals surface area contributed by atoms with Gasteiger partial charge < -0.3 is 10.2 Å². The lowest BCUT2D eigenvalue weighted by Crippen LogP contribution is -2.39. The first kappa shape index (κ1) is 22.4. The molecule has 0 bridgehead atoms. The first-order valence-corrected chi connectivity index (χ1v) is 10.6. The zero-order valence-corrected chi connectivity index (χ0v) is 18.7. The number of rotatable bonds is 6.